The second-order valence-electron chi connectivity index (χ2n) is 2.82. The van der Waals surface area contributed by atoms with Crippen LogP contribution >= 0.6 is 0 Å². The summed E-state index contributed by atoms with van der Waals surface area (Å²) in [6.45, 7) is 0. The monoisotopic (exact) mass is 276 g/mol. The fraction of sp³-hybridized carbons (Fsp3) is 0.300. The molecule has 1 unspecified atom stereocenters. The Morgan fingerprint density at radius 1 is 1.44 bits per heavy atom. The topological polar surface area (TPSA) is 108 Å². The Bertz CT molecular complexity index is 423. The van der Waals surface area contributed by atoms with Crippen molar-refractivity contribution in [2.24, 2.45) is 0 Å². The Hall–Kier alpha value is -1.48. The smallest absolute Gasteiger partial charge is 0.337 e. The number of esters is 1. The van der Waals surface area contributed by atoms with Crippen LogP contribution in [0.4, 0.5) is 0 Å². The molecule has 1 aromatic rings. The van der Waals surface area contributed by atoms with E-state index in [-0.39, 0.29) is 16.2 Å². The summed E-state index contributed by atoms with van der Waals surface area (Å²) >= 11 is -2.45. The molecule has 0 bridgehead atoms. The number of hydrogen-bond donors (Lipinski definition) is 2. The number of hydrogen-bond acceptors (Lipinski definition) is 7. The molecular formula is C10H14NO6S-. The molecule has 7 nitrogen and oxygen atoms in total. The summed E-state index contributed by atoms with van der Waals surface area (Å²) in [4.78, 5) is 11.1. The lowest BCUT2D eigenvalue weighted by Crippen LogP contribution is -2.03. The van der Waals surface area contributed by atoms with Crippen molar-refractivity contribution in [3.8, 4) is 5.75 Å². The standard InChI is InChI=1S/C9H10O5S.CH5NO/c1-13-7-4-3-6(9(10)14-2)5-8(7)15(11)12;1-2-3/h3-5H,1-2H3,(H,11,12);2-3H,1H3/p-1. The van der Waals surface area contributed by atoms with Crippen LogP contribution in [0.3, 0.4) is 0 Å². The number of carbonyl (C=O) groups is 1. The normalized spacial score (nSPS) is 10.9. The van der Waals surface area contributed by atoms with Crippen LogP contribution in [0.5, 0.6) is 5.75 Å². The summed E-state index contributed by atoms with van der Waals surface area (Å²) in [6, 6.07) is 4.03. The first-order valence-corrected chi connectivity index (χ1v) is 5.75. The van der Waals surface area contributed by atoms with Crippen molar-refractivity contribution >= 4 is 17.0 Å². The number of ether oxygens (including phenoxy) is 2. The van der Waals surface area contributed by atoms with Gasteiger partial charge in [0.25, 0.3) is 0 Å². The molecule has 0 spiro atoms. The Morgan fingerprint density at radius 2 is 2.00 bits per heavy atom. The Balaban J connectivity index is 0.000000873. The molecule has 1 rings (SSSR count). The van der Waals surface area contributed by atoms with Gasteiger partial charge < -0.3 is 19.2 Å². The van der Waals surface area contributed by atoms with Gasteiger partial charge in [0.2, 0.25) is 0 Å². The molecule has 8 heteroatoms. The van der Waals surface area contributed by atoms with E-state index in [0.717, 1.165) is 0 Å². The first-order chi connectivity index (χ1) is 8.51. The Labute approximate surface area is 107 Å². The maximum absolute atomic E-state index is 11.1. The highest BCUT2D eigenvalue weighted by molar-refractivity contribution is 7.79. The minimum Gasteiger partial charge on any atom is -0.768 e. The summed E-state index contributed by atoms with van der Waals surface area (Å²) < 4.78 is 30.9. The van der Waals surface area contributed by atoms with Gasteiger partial charge in [0.1, 0.15) is 5.75 Å². The molecule has 102 valence electrons. The largest absolute Gasteiger partial charge is 0.768 e. The van der Waals surface area contributed by atoms with Crippen molar-refractivity contribution in [2.75, 3.05) is 21.3 Å². The Kier molecular flexibility index (Phi) is 7.88. The number of benzene rings is 1. The number of hydroxylamine groups is 1. The van der Waals surface area contributed by atoms with Gasteiger partial charge >= 0.3 is 5.97 Å². The summed E-state index contributed by atoms with van der Waals surface area (Å²) in [5.41, 5.74) is 1.91. The molecule has 1 atom stereocenters. The predicted octanol–water partition coefficient (Wildman–Crippen LogP) is 0.315. The van der Waals surface area contributed by atoms with Crippen molar-refractivity contribution in [3.05, 3.63) is 23.8 Å². The predicted molar refractivity (Wildman–Crippen MR) is 62.4 cm³/mol. The fourth-order valence-corrected chi connectivity index (χ4v) is 1.59. The SMILES string of the molecule is CNO.COC(=O)c1ccc(OC)c(S(=O)[O-])c1. The lowest BCUT2D eigenvalue weighted by molar-refractivity contribution is 0.0600. The van der Waals surface area contributed by atoms with Gasteiger partial charge in [0.05, 0.1) is 24.7 Å². The third-order valence-electron chi connectivity index (χ3n) is 1.76. The molecule has 0 saturated heterocycles. The summed E-state index contributed by atoms with van der Waals surface area (Å²) in [5, 5.41) is 7.32. The van der Waals surface area contributed by atoms with Crippen molar-refractivity contribution in [1.29, 1.82) is 0 Å². The molecule has 0 heterocycles. The average molecular weight is 276 g/mol. The summed E-state index contributed by atoms with van der Waals surface area (Å²) in [7, 11) is 4.00. The van der Waals surface area contributed by atoms with Gasteiger partial charge in [-0.2, -0.15) is 0 Å². The average Bonchev–Trinajstić information content (AvgIpc) is 2.37. The maximum Gasteiger partial charge on any atom is 0.337 e. The number of carbonyl (C=O) groups excluding carboxylic acids is 1. The van der Waals surface area contributed by atoms with E-state index in [4.69, 9.17) is 9.94 Å². The van der Waals surface area contributed by atoms with Gasteiger partial charge in [-0.1, -0.05) is 0 Å². The highest BCUT2D eigenvalue weighted by Crippen LogP contribution is 2.22. The van der Waals surface area contributed by atoms with Gasteiger partial charge in [-0.15, -0.1) is 0 Å². The van der Waals surface area contributed by atoms with Gasteiger partial charge in [-0.3, -0.25) is 4.21 Å². The van der Waals surface area contributed by atoms with Crippen molar-refractivity contribution in [3.63, 3.8) is 0 Å². The first kappa shape index (κ1) is 16.5. The van der Waals surface area contributed by atoms with Gasteiger partial charge in [0.15, 0.2) is 0 Å². The van der Waals surface area contributed by atoms with Crippen LogP contribution < -0.4 is 10.2 Å². The summed E-state index contributed by atoms with van der Waals surface area (Å²) in [5.74, 6) is -0.402. The molecule has 0 fully saturated rings. The molecule has 0 saturated carbocycles. The molecule has 0 radical (unpaired) electrons. The first-order valence-electron chi connectivity index (χ1n) is 4.68. The van der Waals surface area contributed by atoms with Crippen LogP contribution in [0, 0.1) is 0 Å². The van der Waals surface area contributed by atoms with Crippen molar-refractivity contribution in [2.45, 2.75) is 4.90 Å². The Morgan fingerprint density at radius 3 is 2.39 bits per heavy atom. The van der Waals surface area contributed by atoms with Crippen LogP contribution in [-0.2, 0) is 15.8 Å². The molecule has 0 aliphatic heterocycles. The second kappa shape index (κ2) is 8.59. The quantitative estimate of drug-likeness (QED) is 0.465. The van der Waals surface area contributed by atoms with E-state index in [1.807, 2.05) is 0 Å². The van der Waals surface area contributed by atoms with E-state index in [1.54, 1.807) is 5.48 Å². The molecule has 1 aromatic carbocycles. The molecule has 0 aromatic heterocycles. The van der Waals surface area contributed by atoms with Crippen LogP contribution in [0.1, 0.15) is 10.4 Å². The van der Waals surface area contributed by atoms with Crippen molar-refractivity contribution in [1.82, 2.24) is 5.48 Å². The zero-order chi connectivity index (χ0) is 14.1. The van der Waals surface area contributed by atoms with E-state index < -0.39 is 17.0 Å². The van der Waals surface area contributed by atoms with Crippen LogP contribution in [0.25, 0.3) is 0 Å². The lowest BCUT2D eigenvalue weighted by Gasteiger charge is -2.11. The number of nitrogens with one attached hydrogen (secondary N) is 1. The molecule has 0 aliphatic carbocycles. The van der Waals surface area contributed by atoms with E-state index in [2.05, 4.69) is 4.74 Å². The van der Waals surface area contributed by atoms with E-state index in [1.165, 1.54) is 39.5 Å². The van der Waals surface area contributed by atoms with E-state index >= 15 is 0 Å². The van der Waals surface area contributed by atoms with Crippen LogP contribution in [0.15, 0.2) is 23.1 Å². The highest BCUT2D eigenvalue weighted by atomic mass is 32.2. The molecular weight excluding hydrogens is 262 g/mol. The number of methoxy groups -OCH3 is 2. The minimum absolute atomic E-state index is 0.0691. The second-order valence-corrected chi connectivity index (χ2v) is 3.72. The summed E-state index contributed by atoms with van der Waals surface area (Å²) in [6.07, 6.45) is 0. The molecule has 0 amide bonds. The van der Waals surface area contributed by atoms with Gasteiger partial charge in [-0.25, -0.2) is 10.3 Å². The van der Waals surface area contributed by atoms with Crippen LogP contribution in [-0.4, -0.2) is 41.2 Å². The van der Waals surface area contributed by atoms with E-state index in [0.29, 0.717) is 0 Å². The van der Waals surface area contributed by atoms with E-state index in [9.17, 15) is 13.6 Å². The van der Waals surface area contributed by atoms with Crippen molar-refractivity contribution < 1.29 is 28.2 Å². The van der Waals surface area contributed by atoms with Gasteiger partial charge in [-0.05, 0) is 29.3 Å². The molecule has 0 aliphatic rings. The minimum atomic E-state index is -2.45. The maximum atomic E-state index is 11.1. The third-order valence-corrected chi connectivity index (χ3v) is 2.44. The van der Waals surface area contributed by atoms with Gasteiger partial charge in [0, 0.05) is 7.05 Å². The van der Waals surface area contributed by atoms with Crippen LogP contribution in [0.2, 0.25) is 0 Å². The fourth-order valence-electron chi connectivity index (χ4n) is 1.05. The zero-order valence-corrected chi connectivity index (χ0v) is 10.9. The number of rotatable bonds is 3. The zero-order valence-electron chi connectivity index (χ0n) is 10.1. The molecule has 18 heavy (non-hydrogen) atoms. The molecule has 2 N–H and O–H groups in total. The third kappa shape index (κ3) is 4.80. The lowest BCUT2D eigenvalue weighted by atomic mass is 10.2. The highest BCUT2D eigenvalue weighted by Gasteiger charge is 2.10.